The lowest BCUT2D eigenvalue weighted by Gasteiger charge is -2.26. The number of carbonyl (C=O) groups is 2. The van der Waals surface area contributed by atoms with Gasteiger partial charge in [-0.15, -0.1) is 0 Å². The average Bonchev–Trinajstić information content (AvgIpc) is 2.41. The maximum Gasteiger partial charge on any atom is 0.415 e. The number of nitrogens with zero attached hydrogens (tertiary/aromatic N) is 1. The molecule has 1 fully saturated rings. The van der Waals surface area contributed by atoms with Crippen LogP contribution in [0.15, 0.2) is 22.7 Å². The number of primary amides is 1. The summed E-state index contributed by atoms with van der Waals surface area (Å²) in [7, 11) is 0. The van der Waals surface area contributed by atoms with Crippen LogP contribution in [0.4, 0.5) is 4.79 Å². The molecule has 0 unspecified atom stereocenters. The van der Waals surface area contributed by atoms with Crippen LogP contribution in [0.3, 0.4) is 0 Å². The third-order valence-electron chi connectivity index (χ3n) is 2.78. The molecule has 1 aliphatic rings. The van der Waals surface area contributed by atoms with Gasteiger partial charge in [-0.2, -0.15) is 0 Å². The summed E-state index contributed by atoms with van der Waals surface area (Å²) >= 11 is 3.24. The minimum absolute atomic E-state index is 0.179. The fourth-order valence-corrected chi connectivity index (χ4v) is 2.15. The number of amides is 2. The van der Waals surface area contributed by atoms with E-state index >= 15 is 0 Å². The Morgan fingerprint density at radius 2 is 2.00 bits per heavy atom. The molecule has 1 heterocycles. The van der Waals surface area contributed by atoms with Crippen molar-refractivity contribution in [2.24, 2.45) is 5.73 Å². The van der Waals surface area contributed by atoms with Crippen LogP contribution >= 0.6 is 15.9 Å². The molecule has 0 radical (unpaired) electrons. The predicted octanol–water partition coefficient (Wildman–Crippen LogP) is 0.952. The van der Waals surface area contributed by atoms with Gasteiger partial charge in [0.2, 0.25) is 0 Å². The number of benzene rings is 1. The van der Waals surface area contributed by atoms with Crippen LogP contribution in [-0.4, -0.2) is 43.1 Å². The lowest BCUT2D eigenvalue weighted by molar-refractivity contribution is 0.0996. The van der Waals surface area contributed by atoms with Crippen LogP contribution in [0, 0.1) is 0 Å². The van der Waals surface area contributed by atoms with Crippen molar-refractivity contribution in [2.45, 2.75) is 0 Å². The molecular weight excluding hydrogens is 314 g/mol. The number of halogens is 1. The number of nitrogens with two attached hydrogens (primary N) is 1. The van der Waals surface area contributed by atoms with E-state index in [2.05, 4.69) is 21.2 Å². The van der Waals surface area contributed by atoms with Gasteiger partial charge in [-0.3, -0.25) is 4.79 Å². The minimum Gasteiger partial charge on any atom is -0.409 e. The predicted molar refractivity (Wildman–Crippen MR) is 73.1 cm³/mol. The van der Waals surface area contributed by atoms with Crippen LogP contribution in [0.5, 0.6) is 5.75 Å². The molecule has 0 bridgehead atoms. The number of nitrogens with one attached hydrogen (secondary N) is 1. The molecule has 3 N–H and O–H groups in total. The Kier molecular flexibility index (Phi) is 4.39. The summed E-state index contributed by atoms with van der Waals surface area (Å²) in [6, 6.07) is 4.76. The quantitative estimate of drug-likeness (QED) is 0.847. The summed E-state index contributed by atoms with van der Waals surface area (Å²) in [6.07, 6.45) is -0.466. The number of hydrogen-bond acceptors (Lipinski definition) is 4. The van der Waals surface area contributed by atoms with Gasteiger partial charge >= 0.3 is 6.09 Å². The van der Waals surface area contributed by atoms with Crippen molar-refractivity contribution in [3.8, 4) is 5.75 Å². The van der Waals surface area contributed by atoms with Crippen LogP contribution in [-0.2, 0) is 0 Å². The Bertz CT molecular complexity index is 501. The third kappa shape index (κ3) is 3.45. The molecule has 1 aliphatic heterocycles. The number of ether oxygens (including phenoxy) is 1. The van der Waals surface area contributed by atoms with Crippen molar-refractivity contribution < 1.29 is 14.3 Å². The minimum atomic E-state index is -0.635. The zero-order valence-electron chi connectivity index (χ0n) is 10.2. The molecule has 0 atom stereocenters. The fourth-order valence-electron chi connectivity index (χ4n) is 1.79. The van der Waals surface area contributed by atoms with E-state index in [1.807, 2.05) is 0 Å². The molecule has 1 aromatic rings. The SMILES string of the molecule is NC(=O)c1cc(Br)ccc1OC(=O)N1CCNCC1. The first-order chi connectivity index (χ1) is 9.08. The second-order valence-electron chi connectivity index (χ2n) is 4.11. The molecule has 6 nitrogen and oxygen atoms in total. The molecule has 2 amide bonds. The largest absolute Gasteiger partial charge is 0.415 e. The Morgan fingerprint density at radius 3 is 2.63 bits per heavy atom. The molecule has 102 valence electrons. The van der Waals surface area contributed by atoms with Crippen molar-refractivity contribution in [3.63, 3.8) is 0 Å². The van der Waals surface area contributed by atoms with E-state index < -0.39 is 12.0 Å². The highest BCUT2D eigenvalue weighted by Gasteiger charge is 2.20. The van der Waals surface area contributed by atoms with Crippen LogP contribution in [0.2, 0.25) is 0 Å². The lowest BCUT2D eigenvalue weighted by Crippen LogP contribution is -2.47. The Labute approximate surface area is 119 Å². The fraction of sp³-hybridized carbons (Fsp3) is 0.333. The zero-order chi connectivity index (χ0) is 13.8. The van der Waals surface area contributed by atoms with Crippen molar-refractivity contribution >= 4 is 27.9 Å². The van der Waals surface area contributed by atoms with E-state index in [0.29, 0.717) is 17.6 Å². The Morgan fingerprint density at radius 1 is 1.32 bits per heavy atom. The number of piperazine rings is 1. The highest BCUT2D eigenvalue weighted by atomic mass is 79.9. The molecule has 1 aromatic carbocycles. The molecule has 0 aromatic heterocycles. The van der Waals surface area contributed by atoms with E-state index in [9.17, 15) is 9.59 Å². The van der Waals surface area contributed by atoms with Crippen molar-refractivity contribution in [2.75, 3.05) is 26.2 Å². The van der Waals surface area contributed by atoms with Gasteiger partial charge in [0.1, 0.15) is 5.75 Å². The van der Waals surface area contributed by atoms with Gasteiger partial charge in [0, 0.05) is 30.7 Å². The maximum atomic E-state index is 11.9. The summed E-state index contributed by atoms with van der Waals surface area (Å²) in [5, 5.41) is 3.14. The second-order valence-corrected chi connectivity index (χ2v) is 5.03. The normalized spacial score (nSPS) is 15.1. The summed E-state index contributed by atoms with van der Waals surface area (Å²) in [4.78, 5) is 24.8. The Hall–Kier alpha value is -1.60. The van der Waals surface area contributed by atoms with Crippen molar-refractivity contribution in [1.82, 2.24) is 10.2 Å². The van der Waals surface area contributed by atoms with E-state index in [0.717, 1.165) is 13.1 Å². The first-order valence-corrected chi connectivity index (χ1v) is 6.64. The molecule has 0 aliphatic carbocycles. The summed E-state index contributed by atoms with van der Waals surface area (Å²) in [6.45, 7) is 2.64. The van der Waals surface area contributed by atoms with Crippen molar-refractivity contribution in [3.05, 3.63) is 28.2 Å². The first-order valence-electron chi connectivity index (χ1n) is 5.85. The van der Waals surface area contributed by atoms with Gasteiger partial charge in [-0.1, -0.05) is 15.9 Å². The highest BCUT2D eigenvalue weighted by Crippen LogP contribution is 2.23. The van der Waals surface area contributed by atoms with Gasteiger partial charge in [0.15, 0.2) is 0 Å². The van der Waals surface area contributed by atoms with Crippen LogP contribution in [0.25, 0.3) is 0 Å². The summed E-state index contributed by atoms with van der Waals surface area (Å²) < 4.78 is 5.94. The molecule has 7 heteroatoms. The number of hydrogen-bond donors (Lipinski definition) is 2. The summed E-state index contributed by atoms with van der Waals surface area (Å²) in [5.74, 6) is -0.455. The molecule has 19 heavy (non-hydrogen) atoms. The van der Waals surface area contributed by atoms with Crippen LogP contribution < -0.4 is 15.8 Å². The zero-order valence-corrected chi connectivity index (χ0v) is 11.8. The summed E-state index contributed by atoms with van der Waals surface area (Å²) in [5.41, 5.74) is 5.44. The first kappa shape index (κ1) is 13.8. The van der Waals surface area contributed by atoms with Gasteiger partial charge in [0.05, 0.1) is 5.56 Å². The smallest absolute Gasteiger partial charge is 0.409 e. The van der Waals surface area contributed by atoms with Gasteiger partial charge in [-0.25, -0.2) is 4.79 Å². The van der Waals surface area contributed by atoms with Crippen molar-refractivity contribution in [1.29, 1.82) is 0 Å². The third-order valence-corrected chi connectivity index (χ3v) is 3.27. The lowest BCUT2D eigenvalue weighted by atomic mass is 10.2. The van der Waals surface area contributed by atoms with E-state index in [1.54, 1.807) is 17.0 Å². The van der Waals surface area contributed by atoms with E-state index in [4.69, 9.17) is 10.5 Å². The number of carbonyl (C=O) groups excluding carboxylic acids is 2. The molecule has 1 saturated heterocycles. The molecular formula is C12H14BrN3O3. The molecule has 2 rings (SSSR count). The highest BCUT2D eigenvalue weighted by molar-refractivity contribution is 9.10. The monoisotopic (exact) mass is 327 g/mol. The van der Waals surface area contributed by atoms with E-state index in [-0.39, 0.29) is 11.3 Å². The number of rotatable bonds is 2. The standard InChI is InChI=1S/C12H14BrN3O3/c13-8-1-2-10(9(7-8)11(14)17)19-12(18)16-5-3-15-4-6-16/h1-2,7,15H,3-6H2,(H2,14,17). The van der Waals surface area contributed by atoms with Crippen LogP contribution in [0.1, 0.15) is 10.4 Å². The molecule has 0 spiro atoms. The van der Waals surface area contributed by atoms with Gasteiger partial charge in [-0.05, 0) is 18.2 Å². The van der Waals surface area contributed by atoms with E-state index in [1.165, 1.54) is 6.07 Å². The van der Waals surface area contributed by atoms with Gasteiger partial charge < -0.3 is 20.7 Å². The average molecular weight is 328 g/mol. The Balaban J connectivity index is 2.13. The molecule has 0 saturated carbocycles. The van der Waals surface area contributed by atoms with Gasteiger partial charge in [0.25, 0.3) is 5.91 Å². The second kappa shape index (κ2) is 6.03. The topological polar surface area (TPSA) is 84.7 Å². The maximum absolute atomic E-state index is 11.9.